The number of halogens is 3. The van der Waals surface area contributed by atoms with Crippen LogP contribution in [0.5, 0.6) is 11.5 Å². The van der Waals surface area contributed by atoms with Crippen LogP contribution >= 0.6 is 0 Å². The quantitative estimate of drug-likeness (QED) is 0.811. The highest BCUT2D eigenvalue weighted by atomic mass is 19.4. The molecule has 0 saturated carbocycles. The summed E-state index contributed by atoms with van der Waals surface area (Å²) in [5, 5.41) is 21.1. The van der Waals surface area contributed by atoms with Gasteiger partial charge >= 0.3 is 6.18 Å². The Morgan fingerprint density at radius 3 is 2.39 bits per heavy atom. The van der Waals surface area contributed by atoms with Gasteiger partial charge in [0.25, 0.3) is 0 Å². The summed E-state index contributed by atoms with van der Waals surface area (Å²) in [6, 6.07) is 8.38. The zero-order valence-corrected chi connectivity index (χ0v) is 15.5. The Morgan fingerprint density at radius 1 is 1.11 bits per heavy atom. The van der Waals surface area contributed by atoms with Gasteiger partial charge < -0.3 is 19.7 Å². The van der Waals surface area contributed by atoms with Crippen molar-refractivity contribution in [2.75, 3.05) is 27.3 Å². The Morgan fingerprint density at radius 2 is 1.75 bits per heavy atom. The minimum Gasteiger partial charge on any atom is -0.496 e. The van der Waals surface area contributed by atoms with Crippen LogP contribution in [0.15, 0.2) is 36.4 Å². The van der Waals surface area contributed by atoms with Gasteiger partial charge in [-0.05, 0) is 23.8 Å². The van der Waals surface area contributed by atoms with Gasteiger partial charge in [0.05, 0.1) is 32.0 Å². The van der Waals surface area contributed by atoms with E-state index in [1.807, 2.05) is 0 Å². The highest BCUT2D eigenvalue weighted by Gasteiger charge is 2.36. The number of nitrogens with zero attached hydrogens (tertiary/aromatic N) is 1. The van der Waals surface area contributed by atoms with Crippen LogP contribution in [0.1, 0.15) is 34.5 Å². The number of β-amino-alcohol motifs (C(OH)–C–C–N with tert-alkyl or cyclic N) is 2. The molecule has 1 aliphatic heterocycles. The number of methoxy groups -OCH3 is 2. The Labute approximate surface area is 160 Å². The van der Waals surface area contributed by atoms with E-state index in [2.05, 4.69) is 0 Å². The number of rotatable bonds is 5. The molecule has 3 rings (SSSR count). The normalized spacial score (nSPS) is 18.5. The van der Waals surface area contributed by atoms with E-state index in [4.69, 9.17) is 9.47 Å². The highest BCUT2D eigenvalue weighted by Crippen LogP contribution is 2.40. The zero-order valence-electron chi connectivity index (χ0n) is 15.5. The average molecular weight is 397 g/mol. The molecule has 0 saturated heterocycles. The fraction of sp³-hybridized carbons (Fsp3) is 0.400. The first kappa shape index (κ1) is 20.4. The van der Waals surface area contributed by atoms with Crippen LogP contribution in [-0.4, -0.2) is 42.4 Å². The fourth-order valence-electron chi connectivity index (χ4n) is 3.67. The molecule has 1 heterocycles. The lowest BCUT2D eigenvalue weighted by molar-refractivity contribution is -0.139. The smallest absolute Gasteiger partial charge is 0.416 e. The van der Waals surface area contributed by atoms with Gasteiger partial charge in [-0.3, -0.25) is 4.90 Å². The summed E-state index contributed by atoms with van der Waals surface area (Å²) in [4.78, 5) is 1.70. The minimum absolute atomic E-state index is 0.0655. The number of hydrogen-bond acceptors (Lipinski definition) is 5. The maximum Gasteiger partial charge on any atom is 0.416 e. The second-order valence-corrected chi connectivity index (χ2v) is 6.67. The van der Waals surface area contributed by atoms with Gasteiger partial charge in [-0.2, -0.15) is 13.2 Å². The molecule has 2 unspecified atom stereocenters. The third kappa shape index (κ3) is 3.94. The van der Waals surface area contributed by atoms with Gasteiger partial charge in [-0.1, -0.05) is 18.2 Å². The molecular formula is C20H22F3NO4. The summed E-state index contributed by atoms with van der Waals surface area (Å²) < 4.78 is 50.4. The number of benzene rings is 2. The van der Waals surface area contributed by atoms with Crippen molar-refractivity contribution in [3.8, 4) is 11.5 Å². The fourth-order valence-corrected chi connectivity index (χ4v) is 3.67. The summed E-state index contributed by atoms with van der Waals surface area (Å²) >= 11 is 0. The third-order valence-corrected chi connectivity index (χ3v) is 4.92. The van der Waals surface area contributed by atoms with Gasteiger partial charge in [-0.25, -0.2) is 0 Å². The number of aliphatic hydroxyl groups excluding tert-OH is 2. The number of ether oxygens (including phenoxy) is 2. The van der Waals surface area contributed by atoms with E-state index >= 15 is 0 Å². The first-order valence-corrected chi connectivity index (χ1v) is 8.74. The van der Waals surface area contributed by atoms with Gasteiger partial charge in [0.2, 0.25) is 0 Å². The van der Waals surface area contributed by atoms with Crippen molar-refractivity contribution in [3.63, 3.8) is 0 Å². The molecule has 1 aliphatic rings. The van der Waals surface area contributed by atoms with E-state index in [0.29, 0.717) is 29.2 Å². The predicted octanol–water partition coefficient (Wildman–Crippen LogP) is 3.31. The maximum atomic E-state index is 13.2. The largest absolute Gasteiger partial charge is 0.496 e. The molecule has 8 heteroatoms. The summed E-state index contributed by atoms with van der Waals surface area (Å²) in [6.07, 6.45) is -6.83. The number of fused-ring (bicyclic) bond motifs is 1. The van der Waals surface area contributed by atoms with Crippen LogP contribution in [0.2, 0.25) is 0 Å². The topological polar surface area (TPSA) is 62.2 Å². The van der Waals surface area contributed by atoms with Crippen LogP contribution in [0.4, 0.5) is 13.2 Å². The monoisotopic (exact) mass is 397 g/mol. The lowest BCUT2D eigenvalue weighted by Gasteiger charge is -2.35. The Balaban J connectivity index is 1.87. The molecule has 152 valence electrons. The lowest BCUT2D eigenvalue weighted by atomic mass is 9.94. The summed E-state index contributed by atoms with van der Waals surface area (Å²) in [5.74, 6) is 1.07. The van der Waals surface area contributed by atoms with Crippen LogP contribution in [0.25, 0.3) is 0 Å². The number of hydrogen-bond donors (Lipinski definition) is 2. The van der Waals surface area contributed by atoms with Crippen molar-refractivity contribution in [1.29, 1.82) is 0 Å². The van der Waals surface area contributed by atoms with Crippen LogP contribution in [-0.2, 0) is 12.7 Å². The Kier molecular flexibility index (Phi) is 5.83. The summed E-state index contributed by atoms with van der Waals surface area (Å²) in [7, 11) is 3.00. The van der Waals surface area contributed by atoms with Crippen LogP contribution in [0.3, 0.4) is 0 Å². The molecule has 0 fully saturated rings. The second kappa shape index (κ2) is 7.98. The first-order valence-electron chi connectivity index (χ1n) is 8.74. The first-order chi connectivity index (χ1) is 13.3. The van der Waals surface area contributed by atoms with E-state index in [-0.39, 0.29) is 18.7 Å². The Hall–Kier alpha value is -2.29. The molecule has 0 spiro atoms. The van der Waals surface area contributed by atoms with E-state index in [1.54, 1.807) is 17.0 Å². The van der Waals surface area contributed by atoms with Gasteiger partial charge in [-0.15, -0.1) is 0 Å². The van der Waals surface area contributed by atoms with E-state index in [1.165, 1.54) is 32.4 Å². The number of aliphatic hydroxyl groups is 2. The molecule has 0 aliphatic carbocycles. The van der Waals surface area contributed by atoms with Gasteiger partial charge in [0, 0.05) is 30.8 Å². The molecule has 2 N–H and O–H groups in total. The predicted molar refractivity (Wildman–Crippen MR) is 96.2 cm³/mol. The van der Waals surface area contributed by atoms with Crippen LogP contribution < -0.4 is 9.47 Å². The number of alkyl halides is 3. The average Bonchev–Trinajstić information content (AvgIpc) is 2.66. The van der Waals surface area contributed by atoms with E-state index < -0.39 is 23.9 Å². The summed E-state index contributed by atoms with van der Waals surface area (Å²) in [6.45, 7) is 0.393. The van der Waals surface area contributed by atoms with Crippen LogP contribution in [0, 0.1) is 0 Å². The molecule has 2 aromatic carbocycles. The third-order valence-electron chi connectivity index (χ3n) is 4.92. The molecule has 2 aromatic rings. The van der Waals surface area contributed by atoms with E-state index in [9.17, 15) is 23.4 Å². The molecule has 0 bridgehead atoms. The van der Waals surface area contributed by atoms with Crippen molar-refractivity contribution in [2.45, 2.75) is 24.9 Å². The van der Waals surface area contributed by atoms with Crippen molar-refractivity contribution >= 4 is 0 Å². The molecule has 0 radical (unpaired) electrons. The van der Waals surface area contributed by atoms with Crippen molar-refractivity contribution in [3.05, 3.63) is 58.7 Å². The zero-order chi connectivity index (χ0) is 20.5. The van der Waals surface area contributed by atoms with Crippen molar-refractivity contribution in [1.82, 2.24) is 4.90 Å². The molecule has 0 aromatic heterocycles. The SMILES string of the molecule is COc1ccc(OC)c2c1CN(CC(O)c1ccccc1C(F)(F)F)CC2O. The molecular weight excluding hydrogens is 375 g/mol. The van der Waals surface area contributed by atoms with E-state index in [0.717, 1.165) is 6.07 Å². The molecule has 28 heavy (non-hydrogen) atoms. The summed E-state index contributed by atoms with van der Waals surface area (Å²) in [5.41, 5.74) is 0.243. The van der Waals surface area contributed by atoms with Gasteiger partial charge in [0.1, 0.15) is 11.5 Å². The highest BCUT2D eigenvalue weighted by molar-refractivity contribution is 5.51. The van der Waals surface area contributed by atoms with Gasteiger partial charge in [0.15, 0.2) is 0 Å². The Bertz CT molecular complexity index is 841. The minimum atomic E-state index is -4.55. The lowest BCUT2D eigenvalue weighted by Crippen LogP contribution is -2.37. The van der Waals surface area contributed by atoms with Crippen molar-refractivity contribution < 1.29 is 32.9 Å². The standard InChI is InChI=1S/C20H22F3NO4/c1-27-17-7-8-18(28-2)19-13(17)9-24(11-16(19)26)10-15(25)12-5-3-4-6-14(12)20(21,22)23/h3-8,15-16,25-26H,9-11H2,1-2H3. The molecule has 2 atom stereocenters. The molecule has 0 amide bonds. The van der Waals surface area contributed by atoms with Crippen molar-refractivity contribution in [2.24, 2.45) is 0 Å². The second-order valence-electron chi connectivity index (χ2n) is 6.67. The molecule has 5 nitrogen and oxygen atoms in total. The maximum absolute atomic E-state index is 13.2.